The summed E-state index contributed by atoms with van der Waals surface area (Å²) in [4.78, 5) is 4.31. The van der Waals surface area contributed by atoms with Crippen molar-refractivity contribution >= 4 is 27.3 Å². The molecule has 4 heteroatoms. The molecular formula is C16H23BrN2S. The average molecular weight is 355 g/mol. The summed E-state index contributed by atoms with van der Waals surface area (Å²) in [5.74, 6) is 0.963. The van der Waals surface area contributed by atoms with E-state index in [1.165, 1.54) is 60.3 Å². The van der Waals surface area contributed by atoms with Crippen molar-refractivity contribution in [2.24, 2.45) is 5.92 Å². The van der Waals surface area contributed by atoms with Crippen LogP contribution >= 0.6 is 27.3 Å². The molecule has 1 N–H and O–H groups in total. The Kier molecular flexibility index (Phi) is 3.70. The Bertz CT molecular complexity index is 477. The van der Waals surface area contributed by atoms with Crippen molar-refractivity contribution in [1.29, 1.82) is 0 Å². The summed E-state index contributed by atoms with van der Waals surface area (Å²) < 4.78 is 1.26. The second-order valence-corrected chi connectivity index (χ2v) is 9.43. The molecule has 20 heavy (non-hydrogen) atoms. The first-order valence-electron chi connectivity index (χ1n) is 7.97. The van der Waals surface area contributed by atoms with Gasteiger partial charge in [0.2, 0.25) is 0 Å². The molecule has 1 atom stereocenters. The molecule has 2 saturated carbocycles. The highest BCUT2D eigenvalue weighted by molar-refractivity contribution is 9.11. The van der Waals surface area contributed by atoms with Crippen LogP contribution in [0.15, 0.2) is 15.9 Å². The molecule has 1 spiro atoms. The summed E-state index contributed by atoms with van der Waals surface area (Å²) in [5, 5.41) is 3.94. The van der Waals surface area contributed by atoms with Gasteiger partial charge >= 0.3 is 0 Å². The van der Waals surface area contributed by atoms with Crippen molar-refractivity contribution in [1.82, 2.24) is 10.2 Å². The van der Waals surface area contributed by atoms with Crippen LogP contribution in [0.5, 0.6) is 0 Å². The van der Waals surface area contributed by atoms with Crippen LogP contribution in [-0.2, 0) is 6.54 Å². The molecule has 4 rings (SSSR count). The lowest BCUT2D eigenvalue weighted by Crippen LogP contribution is -2.63. The van der Waals surface area contributed by atoms with Crippen LogP contribution in [-0.4, -0.2) is 29.6 Å². The van der Waals surface area contributed by atoms with Gasteiger partial charge in [0, 0.05) is 36.1 Å². The predicted molar refractivity (Wildman–Crippen MR) is 88.1 cm³/mol. The normalized spacial score (nSPS) is 30.1. The second-order valence-electron chi connectivity index (χ2n) is 6.88. The first-order chi connectivity index (χ1) is 9.74. The van der Waals surface area contributed by atoms with E-state index < -0.39 is 0 Å². The molecule has 0 aromatic carbocycles. The highest BCUT2D eigenvalue weighted by Crippen LogP contribution is 2.41. The van der Waals surface area contributed by atoms with Crippen molar-refractivity contribution in [3.63, 3.8) is 0 Å². The van der Waals surface area contributed by atoms with Gasteiger partial charge < -0.3 is 5.32 Å². The third-order valence-electron chi connectivity index (χ3n) is 5.38. The average Bonchev–Trinajstić information content (AvgIpc) is 3.05. The minimum Gasteiger partial charge on any atom is -0.308 e. The summed E-state index contributed by atoms with van der Waals surface area (Å²) in [6, 6.07) is 5.27. The molecule has 3 fully saturated rings. The van der Waals surface area contributed by atoms with Gasteiger partial charge in [-0.3, -0.25) is 4.90 Å². The monoisotopic (exact) mass is 354 g/mol. The van der Waals surface area contributed by atoms with Crippen LogP contribution in [0.1, 0.15) is 43.4 Å². The first-order valence-corrected chi connectivity index (χ1v) is 9.58. The number of nitrogens with one attached hydrogen (secondary N) is 1. The minimum absolute atomic E-state index is 0.444. The lowest BCUT2D eigenvalue weighted by atomic mass is 9.91. The standard InChI is InChI=1S/C16H23BrN2S/c17-15-6-5-13(20-15)10-19-11-16(7-1-2-8-16)18-9-14(19)12-3-4-12/h5-6,12,14,18H,1-4,7-11H2. The Morgan fingerprint density at radius 2 is 2.10 bits per heavy atom. The molecule has 0 radical (unpaired) electrons. The zero-order valence-electron chi connectivity index (χ0n) is 11.9. The fourth-order valence-electron chi connectivity index (χ4n) is 4.15. The third kappa shape index (κ3) is 2.72. The fourth-order valence-corrected chi connectivity index (χ4v) is 5.66. The van der Waals surface area contributed by atoms with Crippen LogP contribution in [0.25, 0.3) is 0 Å². The molecule has 2 aliphatic carbocycles. The maximum absolute atomic E-state index is 3.94. The van der Waals surface area contributed by atoms with Crippen LogP contribution in [0.3, 0.4) is 0 Å². The number of hydrogen-bond acceptors (Lipinski definition) is 3. The quantitative estimate of drug-likeness (QED) is 0.882. The predicted octanol–water partition coefficient (Wildman–Crippen LogP) is 4.01. The summed E-state index contributed by atoms with van der Waals surface area (Å²) in [6.45, 7) is 3.64. The molecule has 1 unspecified atom stereocenters. The highest BCUT2D eigenvalue weighted by Gasteiger charge is 2.45. The minimum atomic E-state index is 0.444. The highest BCUT2D eigenvalue weighted by atomic mass is 79.9. The number of hydrogen-bond donors (Lipinski definition) is 1. The molecule has 2 nitrogen and oxygen atoms in total. The van der Waals surface area contributed by atoms with E-state index in [0.717, 1.165) is 18.5 Å². The lowest BCUT2D eigenvalue weighted by Gasteiger charge is -2.46. The van der Waals surface area contributed by atoms with Gasteiger partial charge in [0.05, 0.1) is 3.79 Å². The molecular weight excluding hydrogens is 332 g/mol. The van der Waals surface area contributed by atoms with Gasteiger partial charge in [-0.2, -0.15) is 0 Å². The van der Waals surface area contributed by atoms with Gasteiger partial charge in [0.1, 0.15) is 0 Å². The maximum atomic E-state index is 3.94. The molecule has 3 aliphatic rings. The molecule has 2 heterocycles. The van der Waals surface area contributed by atoms with Crippen LogP contribution in [0.4, 0.5) is 0 Å². The Morgan fingerprint density at radius 3 is 2.75 bits per heavy atom. The Morgan fingerprint density at radius 1 is 1.30 bits per heavy atom. The molecule has 1 aromatic rings. The van der Waals surface area contributed by atoms with E-state index in [4.69, 9.17) is 0 Å². The summed E-state index contributed by atoms with van der Waals surface area (Å²) in [5.41, 5.74) is 0.444. The molecule has 0 amide bonds. The zero-order valence-corrected chi connectivity index (χ0v) is 14.3. The number of nitrogens with zero attached hydrogens (tertiary/aromatic N) is 1. The van der Waals surface area contributed by atoms with E-state index in [2.05, 4.69) is 38.3 Å². The van der Waals surface area contributed by atoms with Crippen LogP contribution < -0.4 is 5.32 Å². The largest absolute Gasteiger partial charge is 0.308 e. The Balaban J connectivity index is 1.51. The van der Waals surface area contributed by atoms with E-state index in [-0.39, 0.29) is 0 Å². The summed E-state index contributed by atoms with van der Waals surface area (Å²) >= 11 is 5.50. The molecule has 110 valence electrons. The number of halogens is 1. The number of piperazine rings is 1. The van der Waals surface area contributed by atoms with Crippen LogP contribution in [0, 0.1) is 5.92 Å². The lowest BCUT2D eigenvalue weighted by molar-refractivity contribution is 0.0636. The maximum Gasteiger partial charge on any atom is 0.0701 e. The number of thiophene rings is 1. The van der Waals surface area contributed by atoms with Gasteiger partial charge in [0.15, 0.2) is 0 Å². The summed E-state index contributed by atoms with van der Waals surface area (Å²) in [6.07, 6.45) is 8.50. The summed E-state index contributed by atoms with van der Waals surface area (Å²) in [7, 11) is 0. The van der Waals surface area contributed by atoms with Crippen molar-refractivity contribution < 1.29 is 0 Å². The van der Waals surface area contributed by atoms with Crippen molar-refractivity contribution in [3.8, 4) is 0 Å². The van der Waals surface area contributed by atoms with Gasteiger partial charge in [-0.15, -0.1) is 11.3 Å². The molecule has 0 bridgehead atoms. The van der Waals surface area contributed by atoms with E-state index in [9.17, 15) is 0 Å². The van der Waals surface area contributed by atoms with Gasteiger partial charge in [-0.05, 0) is 59.7 Å². The van der Waals surface area contributed by atoms with Gasteiger partial charge in [-0.25, -0.2) is 0 Å². The van der Waals surface area contributed by atoms with Crippen molar-refractivity contribution in [2.75, 3.05) is 13.1 Å². The molecule has 1 aromatic heterocycles. The van der Waals surface area contributed by atoms with E-state index >= 15 is 0 Å². The van der Waals surface area contributed by atoms with Gasteiger partial charge in [-0.1, -0.05) is 12.8 Å². The van der Waals surface area contributed by atoms with E-state index in [1.54, 1.807) is 0 Å². The molecule has 1 saturated heterocycles. The molecule has 1 aliphatic heterocycles. The Labute approximate surface area is 134 Å². The first kappa shape index (κ1) is 13.7. The second kappa shape index (κ2) is 5.38. The third-order valence-corrected chi connectivity index (χ3v) is 6.98. The van der Waals surface area contributed by atoms with E-state index in [0.29, 0.717) is 5.54 Å². The van der Waals surface area contributed by atoms with Gasteiger partial charge in [0.25, 0.3) is 0 Å². The van der Waals surface area contributed by atoms with E-state index in [1.807, 2.05) is 11.3 Å². The topological polar surface area (TPSA) is 15.3 Å². The SMILES string of the molecule is Brc1ccc(CN2CC3(CCCC3)NCC2C2CC2)s1. The van der Waals surface area contributed by atoms with Crippen molar-refractivity contribution in [3.05, 3.63) is 20.8 Å². The van der Waals surface area contributed by atoms with Crippen molar-refractivity contribution in [2.45, 2.75) is 56.7 Å². The Hall–Kier alpha value is 0.1000. The zero-order chi connectivity index (χ0) is 13.6. The fraction of sp³-hybridized carbons (Fsp3) is 0.750. The van der Waals surface area contributed by atoms with Crippen LogP contribution in [0.2, 0.25) is 0 Å². The smallest absolute Gasteiger partial charge is 0.0701 e. The number of rotatable bonds is 3.